The first-order valence-corrected chi connectivity index (χ1v) is 7.09. The van der Waals surface area contributed by atoms with Gasteiger partial charge < -0.3 is 9.47 Å². The van der Waals surface area contributed by atoms with Crippen LogP contribution in [0.25, 0.3) is 0 Å². The number of hydrogen-bond acceptors (Lipinski definition) is 3. The van der Waals surface area contributed by atoms with Gasteiger partial charge in [-0.25, -0.2) is 4.79 Å². The fourth-order valence-corrected chi connectivity index (χ4v) is 2.42. The first-order valence-electron chi connectivity index (χ1n) is 7.09. The van der Waals surface area contributed by atoms with Crippen LogP contribution in [0.3, 0.4) is 0 Å². The van der Waals surface area contributed by atoms with Crippen molar-refractivity contribution < 1.29 is 14.3 Å². The first kappa shape index (κ1) is 14.6. The van der Waals surface area contributed by atoms with Crippen molar-refractivity contribution in [3.63, 3.8) is 0 Å². The number of carbonyl (C=O) groups excluding carboxylic acids is 1. The molecule has 0 radical (unpaired) electrons. The SMILES string of the molecule is C=C(C)C(=O)OC1(C)CCC(Oc2ccccc2)CC1. The van der Waals surface area contributed by atoms with Crippen LogP contribution in [0.4, 0.5) is 0 Å². The molecular formula is C17H22O3. The zero-order valence-corrected chi connectivity index (χ0v) is 12.2. The second kappa shape index (κ2) is 6.12. The van der Waals surface area contributed by atoms with Gasteiger partial charge in [0, 0.05) is 5.57 Å². The monoisotopic (exact) mass is 274 g/mol. The fourth-order valence-electron chi connectivity index (χ4n) is 2.42. The number of esters is 1. The van der Waals surface area contributed by atoms with Gasteiger partial charge in [-0.2, -0.15) is 0 Å². The van der Waals surface area contributed by atoms with Gasteiger partial charge in [-0.1, -0.05) is 24.8 Å². The topological polar surface area (TPSA) is 35.5 Å². The second-order valence-corrected chi connectivity index (χ2v) is 5.75. The highest BCUT2D eigenvalue weighted by Crippen LogP contribution is 2.33. The van der Waals surface area contributed by atoms with Crippen LogP contribution in [0, 0.1) is 0 Å². The van der Waals surface area contributed by atoms with Gasteiger partial charge in [0.25, 0.3) is 0 Å². The first-order chi connectivity index (χ1) is 9.48. The normalized spacial score (nSPS) is 25.8. The summed E-state index contributed by atoms with van der Waals surface area (Å²) in [6, 6.07) is 9.85. The minimum absolute atomic E-state index is 0.203. The van der Waals surface area contributed by atoms with E-state index in [0.717, 1.165) is 31.4 Å². The fraction of sp³-hybridized carbons (Fsp3) is 0.471. The van der Waals surface area contributed by atoms with Crippen molar-refractivity contribution in [2.75, 3.05) is 0 Å². The predicted octanol–water partition coefficient (Wildman–Crippen LogP) is 3.89. The molecule has 0 aromatic heterocycles. The van der Waals surface area contributed by atoms with Gasteiger partial charge in [0.05, 0.1) is 6.10 Å². The summed E-state index contributed by atoms with van der Waals surface area (Å²) in [6.07, 6.45) is 3.64. The minimum Gasteiger partial charge on any atom is -0.490 e. The van der Waals surface area contributed by atoms with Gasteiger partial charge in [-0.15, -0.1) is 0 Å². The molecule has 0 heterocycles. The number of hydrogen-bond donors (Lipinski definition) is 0. The maximum Gasteiger partial charge on any atom is 0.333 e. The van der Waals surface area contributed by atoms with Gasteiger partial charge in [0.1, 0.15) is 11.4 Å². The lowest BCUT2D eigenvalue weighted by atomic mass is 9.84. The molecule has 0 amide bonds. The van der Waals surface area contributed by atoms with E-state index in [9.17, 15) is 4.79 Å². The Bertz CT molecular complexity index is 470. The molecule has 1 aromatic carbocycles. The van der Waals surface area contributed by atoms with Gasteiger partial charge in [0.2, 0.25) is 0 Å². The molecule has 2 rings (SSSR count). The number of ether oxygens (including phenoxy) is 2. The van der Waals surface area contributed by atoms with Gasteiger partial charge in [0.15, 0.2) is 0 Å². The molecular weight excluding hydrogens is 252 g/mol. The van der Waals surface area contributed by atoms with E-state index < -0.39 is 0 Å². The maximum absolute atomic E-state index is 11.6. The Morgan fingerprint density at radius 3 is 2.40 bits per heavy atom. The van der Waals surface area contributed by atoms with E-state index in [0.29, 0.717) is 5.57 Å². The van der Waals surface area contributed by atoms with E-state index >= 15 is 0 Å². The molecule has 1 saturated carbocycles. The highest BCUT2D eigenvalue weighted by atomic mass is 16.6. The Kier molecular flexibility index (Phi) is 4.48. The molecule has 108 valence electrons. The highest BCUT2D eigenvalue weighted by molar-refractivity contribution is 5.87. The molecule has 3 nitrogen and oxygen atoms in total. The van der Waals surface area contributed by atoms with Gasteiger partial charge in [-0.05, 0) is 51.7 Å². The minimum atomic E-state index is -0.382. The van der Waals surface area contributed by atoms with E-state index in [2.05, 4.69) is 6.58 Å². The van der Waals surface area contributed by atoms with Crippen molar-refractivity contribution in [2.45, 2.75) is 51.2 Å². The highest BCUT2D eigenvalue weighted by Gasteiger charge is 2.35. The molecule has 0 spiro atoms. The Balaban J connectivity index is 1.85. The van der Waals surface area contributed by atoms with Crippen molar-refractivity contribution in [3.8, 4) is 5.75 Å². The lowest BCUT2D eigenvalue weighted by molar-refractivity contribution is -0.157. The van der Waals surface area contributed by atoms with Crippen molar-refractivity contribution >= 4 is 5.97 Å². The average Bonchev–Trinajstić information content (AvgIpc) is 2.42. The van der Waals surface area contributed by atoms with Crippen LogP contribution in [0.15, 0.2) is 42.5 Å². The molecule has 1 aliphatic rings. The van der Waals surface area contributed by atoms with Crippen LogP contribution in [-0.2, 0) is 9.53 Å². The second-order valence-electron chi connectivity index (χ2n) is 5.75. The lowest BCUT2D eigenvalue weighted by Crippen LogP contribution is -2.39. The van der Waals surface area contributed by atoms with Crippen molar-refractivity contribution in [2.24, 2.45) is 0 Å². The van der Waals surface area contributed by atoms with Crippen LogP contribution >= 0.6 is 0 Å². The van der Waals surface area contributed by atoms with Crippen LogP contribution in [0.5, 0.6) is 5.75 Å². The zero-order valence-electron chi connectivity index (χ0n) is 12.2. The van der Waals surface area contributed by atoms with E-state index in [1.165, 1.54) is 0 Å². The summed E-state index contributed by atoms with van der Waals surface area (Å²) >= 11 is 0. The van der Waals surface area contributed by atoms with E-state index in [-0.39, 0.29) is 17.7 Å². The summed E-state index contributed by atoms with van der Waals surface area (Å²) < 4.78 is 11.5. The van der Waals surface area contributed by atoms with Crippen LogP contribution in [0.2, 0.25) is 0 Å². The lowest BCUT2D eigenvalue weighted by Gasteiger charge is -2.36. The third kappa shape index (κ3) is 3.86. The Morgan fingerprint density at radius 1 is 1.25 bits per heavy atom. The molecule has 0 unspecified atom stereocenters. The van der Waals surface area contributed by atoms with E-state index in [1.54, 1.807) is 6.92 Å². The van der Waals surface area contributed by atoms with Crippen LogP contribution in [-0.4, -0.2) is 17.7 Å². The summed E-state index contributed by atoms with van der Waals surface area (Å²) in [6.45, 7) is 7.29. The molecule has 1 aromatic rings. The van der Waals surface area contributed by atoms with Crippen molar-refractivity contribution in [1.29, 1.82) is 0 Å². The van der Waals surface area contributed by atoms with E-state index in [1.807, 2.05) is 37.3 Å². The third-order valence-electron chi connectivity index (χ3n) is 3.72. The van der Waals surface area contributed by atoms with Gasteiger partial charge >= 0.3 is 5.97 Å². The molecule has 20 heavy (non-hydrogen) atoms. The molecule has 0 aliphatic heterocycles. The summed E-state index contributed by atoms with van der Waals surface area (Å²) in [4.78, 5) is 11.6. The summed E-state index contributed by atoms with van der Waals surface area (Å²) in [7, 11) is 0. The quantitative estimate of drug-likeness (QED) is 0.617. The number of carbonyl (C=O) groups is 1. The van der Waals surface area contributed by atoms with Crippen molar-refractivity contribution in [3.05, 3.63) is 42.5 Å². The standard InChI is InChI=1S/C17H22O3/c1-13(2)16(18)20-17(3)11-9-15(10-12-17)19-14-7-5-4-6-8-14/h4-8,15H,1,9-12H2,2-3H3. The summed E-state index contributed by atoms with van der Waals surface area (Å²) in [5.74, 6) is 0.606. The largest absolute Gasteiger partial charge is 0.490 e. The van der Waals surface area contributed by atoms with Gasteiger partial charge in [-0.3, -0.25) is 0 Å². The smallest absolute Gasteiger partial charge is 0.333 e. The molecule has 0 N–H and O–H groups in total. The zero-order chi connectivity index (χ0) is 14.6. The number of para-hydroxylation sites is 1. The summed E-state index contributed by atoms with van der Waals surface area (Å²) in [5.41, 5.74) is 0.0703. The Morgan fingerprint density at radius 2 is 1.85 bits per heavy atom. The molecule has 3 heteroatoms. The molecule has 0 atom stereocenters. The van der Waals surface area contributed by atoms with E-state index in [4.69, 9.17) is 9.47 Å². The Hall–Kier alpha value is -1.77. The molecule has 0 saturated heterocycles. The Labute approximate surface area is 120 Å². The molecule has 0 bridgehead atoms. The van der Waals surface area contributed by atoms with Crippen LogP contribution < -0.4 is 4.74 Å². The average molecular weight is 274 g/mol. The number of benzene rings is 1. The number of rotatable bonds is 4. The predicted molar refractivity (Wildman–Crippen MR) is 78.6 cm³/mol. The molecule has 1 aliphatic carbocycles. The summed E-state index contributed by atoms with van der Waals surface area (Å²) in [5, 5.41) is 0. The van der Waals surface area contributed by atoms with Crippen LogP contribution in [0.1, 0.15) is 39.5 Å². The third-order valence-corrected chi connectivity index (χ3v) is 3.72. The molecule has 1 fully saturated rings. The van der Waals surface area contributed by atoms with Crippen molar-refractivity contribution in [1.82, 2.24) is 0 Å². The maximum atomic E-state index is 11.6.